The molecular formula is C16H27N5. The lowest BCUT2D eigenvalue weighted by Gasteiger charge is -2.19. The minimum Gasteiger partial charge on any atom is -0.310 e. The van der Waals surface area contributed by atoms with Crippen molar-refractivity contribution in [3.05, 3.63) is 34.9 Å². The average Bonchev–Trinajstić information content (AvgIpc) is 3.01. The van der Waals surface area contributed by atoms with E-state index in [1.165, 1.54) is 16.8 Å². The Bertz CT molecular complexity index is 582. The molecule has 116 valence electrons. The molecule has 0 radical (unpaired) electrons. The number of rotatable bonds is 7. The minimum absolute atomic E-state index is 0.299. The maximum atomic E-state index is 4.56. The van der Waals surface area contributed by atoms with Crippen molar-refractivity contribution in [1.82, 2.24) is 24.9 Å². The molecule has 1 N–H and O–H groups in total. The Labute approximate surface area is 127 Å². The van der Waals surface area contributed by atoms with Gasteiger partial charge in [0.2, 0.25) is 0 Å². The summed E-state index contributed by atoms with van der Waals surface area (Å²) in [4.78, 5) is 0. The largest absolute Gasteiger partial charge is 0.310 e. The molecule has 2 aromatic rings. The highest BCUT2D eigenvalue weighted by Gasteiger charge is 2.20. The summed E-state index contributed by atoms with van der Waals surface area (Å²) in [5.41, 5.74) is 4.96. The first-order chi connectivity index (χ1) is 10.1. The van der Waals surface area contributed by atoms with Crippen LogP contribution >= 0.6 is 0 Å². The second kappa shape index (κ2) is 6.89. The summed E-state index contributed by atoms with van der Waals surface area (Å²) in [6.07, 6.45) is 6.20. The molecule has 2 aromatic heterocycles. The summed E-state index contributed by atoms with van der Waals surface area (Å²) in [6.45, 7) is 10.5. The fraction of sp³-hybridized carbons (Fsp3) is 0.625. The maximum absolute atomic E-state index is 4.56. The van der Waals surface area contributed by atoms with Crippen LogP contribution in [0, 0.1) is 13.8 Å². The number of aryl methyl sites for hydroxylation is 3. The van der Waals surface area contributed by atoms with Crippen LogP contribution in [0.15, 0.2) is 12.4 Å². The maximum Gasteiger partial charge on any atom is 0.0644 e. The molecule has 0 saturated heterocycles. The highest BCUT2D eigenvalue weighted by Crippen LogP contribution is 2.24. The van der Waals surface area contributed by atoms with Gasteiger partial charge in [0.05, 0.1) is 11.9 Å². The number of aromatic nitrogens is 4. The van der Waals surface area contributed by atoms with E-state index in [0.717, 1.165) is 31.6 Å². The SMILES string of the molecule is CCCNC(Cc1cnn(CC)c1)c1c(C)nn(C)c1C. The summed E-state index contributed by atoms with van der Waals surface area (Å²) < 4.78 is 3.95. The number of hydrogen-bond acceptors (Lipinski definition) is 3. The Balaban J connectivity index is 2.25. The van der Waals surface area contributed by atoms with Gasteiger partial charge in [-0.15, -0.1) is 0 Å². The molecule has 0 aromatic carbocycles. The lowest BCUT2D eigenvalue weighted by molar-refractivity contribution is 0.524. The summed E-state index contributed by atoms with van der Waals surface area (Å²) in [5, 5.41) is 12.6. The van der Waals surface area contributed by atoms with Crippen molar-refractivity contribution >= 4 is 0 Å². The molecule has 0 saturated carbocycles. The molecule has 21 heavy (non-hydrogen) atoms. The molecule has 0 bridgehead atoms. The molecule has 0 amide bonds. The van der Waals surface area contributed by atoms with Crippen molar-refractivity contribution < 1.29 is 0 Å². The molecule has 0 aliphatic carbocycles. The van der Waals surface area contributed by atoms with Crippen LogP contribution in [-0.2, 0) is 20.0 Å². The van der Waals surface area contributed by atoms with Crippen LogP contribution in [-0.4, -0.2) is 26.1 Å². The van der Waals surface area contributed by atoms with Crippen molar-refractivity contribution in [3.63, 3.8) is 0 Å². The van der Waals surface area contributed by atoms with E-state index in [-0.39, 0.29) is 0 Å². The Kier molecular flexibility index (Phi) is 5.17. The second-order valence-corrected chi connectivity index (χ2v) is 5.62. The second-order valence-electron chi connectivity index (χ2n) is 5.62. The predicted molar refractivity (Wildman–Crippen MR) is 85.3 cm³/mol. The van der Waals surface area contributed by atoms with Gasteiger partial charge in [-0.3, -0.25) is 9.36 Å². The smallest absolute Gasteiger partial charge is 0.0644 e. The summed E-state index contributed by atoms with van der Waals surface area (Å²) in [7, 11) is 2.01. The summed E-state index contributed by atoms with van der Waals surface area (Å²) in [5.74, 6) is 0. The molecule has 0 aliphatic rings. The van der Waals surface area contributed by atoms with Gasteiger partial charge < -0.3 is 5.32 Å². The van der Waals surface area contributed by atoms with Gasteiger partial charge in [0.15, 0.2) is 0 Å². The normalized spacial score (nSPS) is 12.8. The first-order valence-corrected chi connectivity index (χ1v) is 7.81. The van der Waals surface area contributed by atoms with Crippen LogP contribution in [0.2, 0.25) is 0 Å². The Hall–Kier alpha value is -1.62. The van der Waals surface area contributed by atoms with E-state index in [1.54, 1.807) is 0 Å². The predicted octanol–water partition coefficient (Wildman–Crippen LogP) is 2.54. The third-order valence-corrected chi connectivity index (χ3v) is 4.00. The van der Waals surface area contributed by atoms with Gasteiger partial charge in [-0.1, -0.05) is 6.92 Å². The zero-order valence-corrected chi connectivity index (χ0v) is 13.8. The van der Waals surface area contributed by atoms with E-state index in [4.69, 9.17) is 0 Å². The standard InChI is InChI=1S/C16H27N5/c1-6-8-17-15(9-14-10-18-21(7-2)11-14)16-12(3)19-20(5)13(16)4/h10-11,15,17H,6-9H2,1-5H3. The van der Waals surface area contributed by atoms with Crippen molar-refractivity contribution in [2.75, 3.05) is 6.54 Å². The topological polar surface area (TPSA) is 47.7 Å². The van der Waals surface area contributed by atoms with Gasteiger partial charge in [0.25, 0.3) is 0 Å². The number of hydrogen-bond donors (Lipinski definition) is 1. The van der Waals surface area contributed by atoms with E-state index in [1.807, 2.05) is 22.6 Å². The summed E-state index contributed by atoms with van der Waals surface area (Å²) in [6, 6.07) is 0.299. The third kappa shape index (κ3) is 3.53. The lowest BCUT2D eigenvalue weighted by Crippen LogP contribution is -2.25. The van der Waals surface area contributed by atoms with E-state index in [0.29, 0.717) is 6.04 Å². The lowest BCUT2D eigenvalue weighted by atomic mass is 9.98. The zero-order chi connectivity index (χ0) is 15.4. The van der Waals surface area contributed by atoms with Crippen LogP contribution in [0.3, 0.4) is 0 Å². The van der Waals surface area contributed by atoms with Crippen LogP contribution in [0.4, 0.5) is 0 Å². The molecule has 5 heteroatoms. The van der Waals surface area contributed by atoms with Crippen molar-refractivity contribution in [1.29, 1.82) is 0 Å². The third-order valence-electron chi connectivity index (χ3n) is 4.00. The molecule has 2 rings (SSSR count). The highest BCUT2D eigenvalue weighted by molar-refractivity contribution is 5.29. The molecule has 1 atom stereocenters. The average molecular weight is 289 g/mol. The molecule has 2 heterocycles. The van der Waals surface area contributed by atoms with Crippen LogP contribution in [0.5, 0.6) is 0 Å². The van der Waals surface area contributed by atoms with Crippen molar-refractivity contribution in [3.8, 4) is 0 Å². The van der Waals surface area contributed by atoms with Gasteiger partial charge in [0.1, 0.15) is 0 Å². The van der Waals surface area contributed by atoms with Crippen LogP contribution in [0.25, 0.3) is 0 Å². The van der Waals surface area contributed by atoms with Crippen LogP contribution in [0.1, 0.15) is 48.8 Å². The van der Waals surface area contributed by atoms with Gasteiger partial charge in [-0.25, -0.2) is 0 Å². The van der Waals surface area contributed by atoms with Gasteiger partial charge in [0, 0.05) is 37.1 Å². The van der Waals surface area contributed by atoms with Crippen molar-refractivity contribution in [2.24, 2.45) is 7.05 Å². The Morgan fingerprint density at radius 3 is 2.57 bits per heavy atom. The molecule has 1 unspecified atom stereocenters. The first-order valence-electron chi connectivity index (χ1n) is 7.81. The number of nitrogens with zero attached hydrogens (tertiary/aromatic N) is 4. The Morgan fingerprint density at radius 1 is 1.29 bits per heavy atom. The molecule has 0 aliphatic heterocycles. The molecule has 0 spiro atoms. The van der Waals surface area contributed by atoms with E-state index >= 15 is 0 Å². The Morgan fingerprint density at radius 2 is 2.05 bits per heavy atom. The number of nitrogens with one attached hydrogen (secondary N) is 1. The fourth-order valence-corrected chi connectivity index (χ4v) is 2.81. The van der Waals surface area contributed by atoms with E-state index < -0.39 is 0 Å². The van der Waals surface area contributed by atoms with E-state index in [2.05, 4.69) is 49.4 Å². The van der Waals surface area contributed by atoms with Gasteiger partial charge in [-0.05, 0) is 45.7 Å². The summed E-state index contributed by atoms with van der Waals surface area (Å²) >= 11 is 0. The zero-order valence-electron chi connectivity index (χ0n) is 13.8. The monoisotopic (exact) mass is 289 g/mol. The quantitative estimate of drug-likeness (QED) is 0.852. The van der Waals surface area contributed by atoms with Gasteiger partial charge in [-0.2, -0.15) is 10.2 Å². The fourth-order valence-electron chi connectivity index (χ4n) is 2.81. The molecule has 5 nitrogen and oxygen atoms in total. The van der Waals surface area contributed by atoms with Gasteiger partial charge >= 0.3 is 0 Å². The first kappa shape index (κ1) is 15.8. The van der Waals surface area contributed by atoms with Crippen LogP contribution < -0.4 is 5.32 Å². The minimum atomic E-state index is 0.299. The van der Waals surface area contributed by atoms with E-state index in [9.17, 15) is 0 Å². The molecule has 0 fully saturated rings. The van der Waals surface area contributed by atoms with Crippen molar-refractivity contribution in [2.45, 2.75) is 53.1 Å². The molecular weight excluding hydrogens is 262 g/mol. The highest BCUT2D eigenvalue weighted by atomic mass is 15.3.